The van der Waals surface area contributed by atoms with Gasteiger partial charge in [-0.15, -0.1) is 0 Å². The molecule has 0 aromatic heterocycles. The minimum Gasteiger partial charge on any atom is -0.481 e. The molecule has 2 atom stereocenters. The van der Waals surface area contributed by atoms with Crippen molar-refractivity contribution in [3.8, 4) is 0 Å². The van der Waals surface area contributed by atoms with Gasteiger partial charge in [-0.05, 0) is 59.6 Å². The van der Waals surface area contributed by atoms with E-state index in [9.17, 15) is 43.4 Å². The van der Waals surface area contributed by atoms with Gasteiger partial charge >= 0.3 is 13.6 Å². The summed E-state index contributed by atoms with van der Waals surface area (Å²) in [5, 5.41) is 20.1. The van der Waals surface area contributed by atoms with Crippen LogP contribution < -0.4 is 21.7 Å². The fraction of sp³-hybridized carbons (Fsp3) is 0.417. The van der Waals surface area contributed by atoms with Crippen molar-refractivity contribution < 1.29 is 43.4 Å². The molecule has 0 bridgehead atoms. The molecule has 1 saturated carbocycles. The van der Waals surface area contributed by atoms with Gasteiger partial charge in [0.25, 0.3) is 0 Å². The normalized spacial score (nSPS) is 15.4. The van der Waals surface area contributed by atoms with E-state index >= 15 is 0 Å². The molecule has 14 heteroatoms. The first-order valence-corrected chi connectivity index (χ1v) is 18.5. The van der Waals surface area contributed by atoms with Gasteiger partial charge in [-0.3, -0.25) is 28.5 Å². The Morgan fingerprint density at radius 2 is 1.50 bits per heavy atom. The number of hydrogen-bond acceptors (Lipinski definition) is 6. The molecule has 8 N–H and O–H groups in total. The van der Waals surface area contributed by atoms with Gasteiger partial charge in [0.05, 0.1) is 24.9 Å². The third kappa shape index (κ3) is 11.2. The highest BCUT2D eigenvalue weighted by molar-refractivity contribution is 7.50. The lowest BCUT2D eigenvalue weighted by molar-refractivity contribution is -0.143. The highest BCUT2D eigenvalue weighted by atomic mass is 31.2. The summed E-state index contributed by atoms with van der Waals surface area (Å²) in [6.07, 6.45) is 2.36. The van der Waals surface area contributed by atoms with Crippen LogP contribution in [0, 0.1) is 5.92 Å². The number of carboxylic acid groups (broad SMARTS) is 1. The highest BCUT2D eigenvalue weighted by Gasteiger charge is 2.43. The van der Waals surface area contributed by atoms with Crippen LogP contribution in [0.25, 0.3) is 10.8 Å². The first-order chi connectivity index (χ1) is 23.7. The number of carboxylic acids is 1. The molecule has 0 radical (unpaired) electrons. The lowest BCUT2D eigenvalue weighted by atomic mass is 9.79. The van der Waals surface area contributed by atoms with Crippen LogP contribution in [0.2, 0.25) is 0 Å². The minimum absolute atomic E-state index is 0.00248. The topological polar surface area (TPSA) is 225 Å². The number of aryl methyl sites for hydroxylation is 1. The van der Waals surface area contributed by atoms with E-state index in [-0.39, 0.29) is 25.8 Å². The molecule has 3 aromatic carbocycles. The van der Waals surface area contributed by atoms with E-state index in [1.807, 2.05) is 42.5 Å². The van der Waals surface area contributed by atoms with Crippen LogP contribution in [0.5, 0.6) is 0 Å². The van der Waals surface area contributed by atoms with Crippen LogP contribution >= 0.6 is 7.60 Å². The third-order valence-corrected chi connectivity index (χ3v) is 9.80. The second-order valence-corrected chi connectivity index (χ2v) is 14.6. The Kier molecular flexibility index (Phi) is 13.3. The smallest absolute Gasteiger partial charge is 0.329 e. The molecule has 50 heavy (non-hydrogen) atoms. The lowest BCUT2D eigenvalue weighted by Crippen LogP contribution is -2.63. The molecule has 2 unspecified atom stereocenters. The van der Waals surface area contributed by atoms with E-state index in [4.69, 9.17) is 5.73 Å². The molecule has 13 nitrogen and oxygen atoms in total. The summed E-state index contributed by atoms with van der Waals surface area (Å²) in [6.45, 7) is 0.284. The molecular formula is C36H45N4O9P. The molecule has 268 valence electrons. The second kappa shape index (κ2) is 17.4. The van der Waals surface area contributed by atoms with Crippen molar-refractivity contribution in [3.63, 3.8) is 0 Å². The van der Waals surface area contributed by atoms with Gasteiger partial charge in [0, 0.05) is 6.54 Å². The quantitative estimate of drug-likeness (QED) is 0.0807. The Morgan fingerprint density at radius 3 is 2.16 bits per heavy atom. The standard InChI is InChI=1S/C36H45N4O9P/c37-31(41)22-30(34(45)38-19-7-11-27-10-6-9-26-8-2-3-12-29(26)27)39-35(46)36(17-4-1-5-18-36)40-33(44)28(21-32(42)43)20-24-13-15-25(16-14-24)23-50(47,48)49/h2-3,6,8-10,12-16,28,30H,1,4-5,7,11,17-23H2,(H2,37,41)(H,38,45)(H,39,46)(H,40,44)(H,42,43)(H2,47,48,49). The predicted octanol–water partition coefficient (Wildman–Crippen LogP) is 3.08. The van der Waals surface area contributed by atoms with Gasteiger partial charge < -0.3 is 36.6 Å². The summed E-state index contributed by atoms with van der Waals surface area (Å²) in [7, 11) is -4.28. The monoisotopic (exact) mass is 708 g/mol. The molecule has 0 heterocycles. The van der Waals surface area contributed by atoms with Crippen molar-refractivity contribution in [1.29, 1.82) is 0 Å². The van der Waals surface area contributed by atoms with Crippen molar-refractivity contribution >= 4 is 48.0 Å². The number of amides is 4. The van der Waals surface area contributed by atoms with Gasteiger partial charge in [-0.25, -0.2) is 0 Å². The van der Waals surface area contributed by atoms with E-state index in [1.54, 1.807) is 12.1 Å². The van der Waals surface area contributed by atoms with Gasteiger partial charge in [0.1, 0.15) is 11.6 Å². The summed E-state index contributed by atoms with van der Waals surface area (Å²) >= 11 is 0. The lowest BCUT2D eigenvalue weighted by Gasteiger charge is -2.38. The molecular weight excluding hydrogens is 663 g/mol. The van der Waals surface area contributed by atoms with Crippen molar-refractivity contribution in [2.24, 2.45) is 11.7 Å². The van der Waals surface area contributed by atoms with E-state index in [1.165, 1.54) is 12.1 Å². The van der Waals surface area contributed by atoms with Gasteiger partial charge in [0.2, 0.25) is 23.6 Å². The highest BCUT2D eigenvalue weighted by Crippen LogP contribution is 2.39. The zero-order valence-corrected chi connectivity index (χ0v) is 28.7. The summed E-state index contributed by atoms with van der Waals surface area (Å²) in [6, 6.07) is 18.9. The van der Waals surface area contributed by atoms with Gasteiger partial charge in [0.15, 0.2) is 0 Å². The fourth-order valence-electron chi connectivity index (χ4n) is 6.50. The van der Waals surface area contributed by atoms with Crippen molar-refractivity contribution in [2.45, 2.75) is 82.0 Å². The Labute approximate surface area is 290 Å². The molecule has 1 aliphatic carbocycles. The number of carbonyl (C=O) groups is 5. The van der Waals surface area contributed by atoms with Gasteiger partial charge in [-0.2, -0.15) is 0 Å². The predicted molar refractivity (Wildman–Crippen MR) is 187 cm³/mol. The van der Waals surface area contributed by atoms with Crippen molar-refractivity contribution in [2.75, 3.05) is 6.54 Å². The minimum atomic E-state index is -4.28. The molecule has 0 spiro atoms. The maximum absolute atomic E-state index is 13.9. The van der Waals surface area contributed by atoms with E-state index in [0.717, 1.165) is 22.8 Å². The van der Waals surface area contributed by atoms with Crippen LogP contribution in [-0.4, -0.2) is 62.6 Å². The molecule has 1 fully saturated rings. The number of primary amides is 1. The molecule has 4 amide bonds. The zero-order valence-electron chi connectivity index (χ0n) is 27.8. The number of benzene rings is 3. The Morgan fingerprint density at radius 1 is 0.840 bits per heavy atom. The number of rotatable bonds is 17. The van der Waals surface area contributed by atoms with E-state index < -0.39 is 73.7 Å². The average Bonchev–Trinajstić information content (AvgIpc) is 3.06. The number of fused-ring (bicyclic) bond motifs is 1. The summed E-state index contributed by atoms with van der Waals surface area (Å²) < 4.78 is 11.3. The largest absolute Gasteiger partial charge is 0.481 e. The molecule has 1 aliphatic rings. The van der Waals surface area contributed by atoms with Crippen LogP contribution in [0.4, 0.5) is 0 Å². The van der Waals surface area contributed by atoms with Crippen molar-refractivity contribution in [1.82, 2.24) is 16.0 Å². The van der Waals surface area contributed by atoms with Crippen LogP contribution in [0.1, 0.15) is 68.1 Å². The average molecular weight is 709 g/mol. The molecule has 4 rings (SSSR count). The zero-order chi connectivity index (χ0) is 36.3. The van der Waals surface area contributed by atoms with Crippen LogP contribution in [-0.2, 0) is 47.5 Å². The number of hydrogen-bond donors (Lipinski definition) is 7. The van der Waals surface area contributed by atoms with Crippen LogP contribution in [0.3, 0.4) is 0 Å². The maximum atomic E-state index is 13.9. The third-order valence-electron chi connectivity index (χ3n) is 9.02. The number of aliphatic carboxylic acids is 1. The van der Waals surface area contributed by atoms with Crippen molar-refractivity contribution in [3.05, 3.63) is 83.4 Å². The van der Waals surface area contributed by atoms with Gasteiger partial charge in [-0.1, -0.05) is 86.0 Å². The first-order valence-electron chi connectivity index (χ1n) is 16.7. The molecule has 0 saturated heterocycles. The SMILES string of the molecule is NC(=O)CC(NC(=O)C1(NC(=O)C(CC(=O)O)Cc2ccc(CP(=O)(O)O)cc2)CCCCC1)C(=O)NCCCc1cccc2ccccc12. The Balaban J connectivity index is 1.42. The maximum Gasteiger partial charge on any atom is 0.329 e. The number of nitrogens with two attached hydrogens (primary N) is 1. The van der Waals surface area contributed by atoms with E-state index in [2.05, 4.69) is 16.0 Å². The fourth-order valence-corrected chi connectivity index (χ4v) is 7.19. The second-order valence-electron chi connectivity index (χ2n) is 13.0. The Hall–Kier alpha value is -4.58. The number of carbonyl (C=O) groups excluding carboxylic acids is 4. The summed E-state index contributed by atoms with van der Waals surface area (Å²) in [4.78, 5) is 83.0. The Bertz CT molecular complexity index is 1730. The number of nitrogens with one attached hydrogen (secondary N) is 3. The summed E-state index contributed by atoms with van der Waals surface area (Å²) in [5.41, 5.74) is 6.10. The van der Waals surface area contributed by atoms with E-state index in [0.29, 0.717) is 36.8 Å². The van der Waals surface area contributed by atoms with Crippen LogP contribution in [0.15, 0.2) is 66.7 Å². The summed E-state index contributed by atoms with van der Waals surface area (Å²) in [5.74, 6) is -4.98. The first kappa shape index (κ1) is 38.2. The molecule has 0 aliphatic heterocycles. The molecule has 3 aromatic rings.